The predicted molar refractivity (Wildman–Crippen MR) is 131 cm³/mol. The van der Waals surface area contributed by atoms with Crippen molar-refractivity contribution < 1.29 is 19.2 Å². The zero-order valence-corrected chi connectivity index (χ0v) is 20.1. The average molecular weight is 474 g/mol. The molecule has 7 nitrogen and oxygen atoms in total. The molecule has 3 aromatic rings. The number of nitrogens with zero attached hydrogens (tertiary/aromatic N) is 2. The lowest BCUT2D eigenvalue weighted by molar-refractivity contribution is -0.108. The first-order chi connectivity index (χ1) is 16.0. The van der Waals surface area contributed by atoms with Gasteiger partial charge in [-0.25, -0.2) is 0 Å². The summed E-state index contributed by atoms with van der Waals surface area (Å²) < 4.78 is 10.9. The summed E-state index contributed by atoms with van der Waals surface area (Å²) in [6.07, 6.45) is 7.19. The van der Waals surface area contributed by atoms with E-state index in [2.05, 4.69) is 10.1 Å². The maximum absolute atomic E-state index is 9.96. The number of hydrogen-bond donors (Lipinski definition) is 2. The molecule has 0 bridgehead atoms. The molecule has 1 aliphatic carbocycles. The van der Waals surface area contributed by atoms with Crippen LogP contribution >= 0.6 is 11.6 Å². The van der Waals surface area contributed by atoms with Gasteiger partial charge in [0.05, 0.1) is 11.1 Å². The van der Waals surface area contributed by atoms with Crippen LogP contribution in [0.25, 0.3) is 22.8 Å². The van der Waals surface area contributed by atoms with Gasteiger partial charge in [-0.3, -0.25) is 0 Å². The Kier molecular flexibility index (Phi) is 10.9. The van der Waals surface area contributed by atoms with Crippen molar-refractivity contribution in [3.8, 4) is 28.6 Å². The molecule has 0 unspecified atom stereocenters. The Morgan fingerprint density at radius 1 is 1.15 bits per heavy atom. The van der Waals surface area contributed by atoms with Gasteiger partial charge in [-0.15, -0.1) is 0 Å². The van der Waals surface area contributed by atoms with E-state index in [1.807, 2.05) is 32.0 Å². The van der Waals surface area contributed by atoms with Crippen LogP contribution in [0.1, 0.15) is 46.0 Å². The molecule has 0 aliphatic heterocycles. The van der Waals surface area contributed by atoms with Crippen molar-refractivity contribution in [1.82, 2.24) is 10.1 Å². The number of benzene rings is 2. The molecular weight excluding hydrogens is 442 g/mol. The second-order valence-electron chi connectivity index (χ2n) is 7.91. The van der Waals surface area contributed by atoms with Crippen LogP contribution in [0.3, 0.4) is 0 Å². The van der Waals surface area contributed by atoms with Crippen molar-refractivity contribution in [3.63, 3.8) is 0 Å². The molecule has 0 atom stereocenters. The lowest BCUT2D eigenvalue weighted by Crippen LogP contribution is -2.05. The van der Waals surface area contributed by atoms with Crippen molar-refractivity contribution in [3.05, 3.63) is 47.5 Å². The monoisotopic (exact) mass is 473 g/mol. The summed E-state index contributed by atoms with van der Waals surface area (Å²) in [5, 5.41) is 11.5. The highest BCUT2D eigenvalue weighted by molar-refractivity contribution is 6.32. The average Bonchev–Trinajstić information content (AvgIpc) is 3.50. The van der Waals surface area contributed by atoms with E-state index in [-0.39, 0.29) is 6.10 Å². The summed E-state index contributed by atoms with van der Waals surface area (Å²) in [4.78, 5) is 14.4. The summed E-state index contributed by atoms with van der Waals surface area (Å²) in [7, 11) is 1.00. The lowest BCUT2D eigenvalue weighted by atomic mass is 10.1. The van der Waals surface area contributed by atoms with Crippen molar-refractivity contribution in [2.24, 2.45) is 5.92 Å². The van der Waals surface area contributed by atoms with Crippen LogP contribution in [-0.2, 0) is 4.79 Å². The van der Waals surface area contributed by atoms with Gasteiger partial charge in [0.2, 0.25) is 5.82 Å². The van der Waals surface area contributed by atoms with E-state index >= 15 is 0 Å². The fraction of sp³-hybridized carbons (Fsp3) is 0.400. The lowest BCUT2D eigenvalue weighted by Gasteiger charge is -2.11. The van der Waals surface area contributed by atoms with Crippen LogP contribution < -0.4 is 10.5 Å². The minimum atomic E-state index is 0.0562. The highest BCUT2D eigenvalue weighted by atomic mass is 35.5. The van der Waals surface area contributed by atoms with E-state index in [4.69, 9.17) is 31.7 Å². The molecule has 0 radical (unpaired) electrons. The number of halogens is 1. The van der Waals surface area contributed by atoms with Gasteiger partial charge in [0.25, 0.3) is 5.89 Å². The molecule has 0 saturated heterocycles. The third kappa shape index (κ3) is 8.18. The van der Waals surface area contributed by atoms with E-state index < -0.39 is 0 Å². The molecule has 8 heteroatoms. The molecule has 1 heterocycles. The van der Waals surface area contributed by atoms with Crippen LogP contribution in [0.15, 0.2) is 47.0 Å². The van der Waals surface area contributed by atoms with Gasteiger partial charge in [0.15, 0.2) is 0 Å². The number of anilines is 1. The van der Waals surface area contributed by atoms with E-state index in [0.717, 1.165) is 36.9 Å². The molecule has 178 valence electrons. The standard InChI is InChI=1S/C17H16ClN3O2.C7H12O.CH4O/c1-10(2)22-15-8-5-12(9-14(15)18)16-20-17(23-21-16)11-3-6-13(19)7-4-11;8-6-5-7-3-1-2-4-7;1-2/h3-10H,19H2,1-2H3;6-7H,1-5H2;2H,1H3. The quantitative estimate of drug-likeness (QED) is 0.343. The van der Waals surface area contributed by atoms with Crippen LogP contribution in [0.2, 0.25) is 5.02 Å². The van der Waals surface area contributed by atoms with Crippen molar-refractivity contribution in [1.29, 1.82) is 0 Å². The number of aliphatic hydroxyl groups excluding tert-OH is 1. The minimum Gasteiger partial charge on any atom is -0.489 e. The van der Waals surface area contributed by atoms with Crippen molar-refractivity contribution in [2.45, 2.75) is 52.1 Å². The highest BCUT2D eigenvalue weighted by Gasteiger charge is 2.14. The van der Waals surface area contributed by atoms with Crippen LogP contribution in [0.4, 0.5) is 5.69 Å². The van der Waals surface area contributed by atoms with E-state index in [0.29, 0.717) is 28.2 Å². The third-order valence-electron chi connectivity index (χ3n) is 5.04. The number of nitrogens with two attached hydrogens (primary N) is 1. The Labute approximate surface area is 199 Å². The third-order valence-corrected chi connectivity index (χ3v) is 5.34. The Hall–Kier alpha value is -2.90. The number of nitrogen functional groups attached to an aromatic ring is 1. The number of rotatable bonds is 6. The normalized spacial score (nSPS) is 13.0. The van der Waals surface area contributed by atoms with Gasteiger partial charge >= 0.3 is 0 Å². The van der Waals surface area contributed by atoms with Gasteiger partial charge < -0.3 is 24.9 Å². The van der Waals surface area contributed by atoms with Crippen LogP contribution in [0.5, 0.6) is 5.75 Å². The number of aliphatic hydroxyl groups is 1. The smallest absolute Gasteiger partial charge is 0.258 e. The Morgan fingerprint density at radius 2 is 1.79 bits per heavy atom. The predicted octanol–water partition coefficient (Wildman–Crippen LogP) is 5.80. The number of hydrogen-bond acceptors (Lipinski definition) is 7. The number of ether oxygens (including phenoxy) is 1. The van der Waals surface area contributed by atoms with Gasteiger partial charge in [-0.05, 0) is 62.2 Å². The number of aromatic nitrogens is 2. The largest absolute Gasteiger partial charge is 0.489 e. The fourth-order valence-corrected chi connectivity index (χ4v) is 3.68. The first kappa shape index (κ1) is 26.4. The van der Waals surface area contributed by atoms with E-state index in [1.54, 1.807) is 24.3 Å². The Bertz CT molecular complexity index is 984. The molecule has 0 amide bonds. The van der Waals surface area contributed by atoms with Crippen molar-refractivity contribution >= 4 is 23.6 Å². The molecule has 33 heavy (non-hydrogen) atoms. The van der Waals surface area contributed by atoms with Gasteiger partial charge in [0, 0.05) is 30.3 Å². The molecule has 1 saturated carbocycles. The molecule has 4 rings (SSSR count). The molecule has 1 aromatic heterocycles. The van der Waals surface area contributed by atoms with Crippen LogP contribution in [0, 0.1) is 5.92 Å². The number of carbonyl (C=O) groups excluding carboxylic acids is 1. The SMILES string of the molecule is CC(C)Oc1ccc(-c2noc(-c3ccc(N)cc3)n2)cc1Cl.CO.O=CCC1CCCC1. The van der Waals surface area contributed by atoms with Crippen LogP contribution in [-0.4, -0.2) is 34.7 Å². The number of carbonyl (C=O) groups is 1. The maximum Gasteiger partial charge on any atom is 0.258 e. The van der Waals surface area contributed by atoms with Gasteiger partial charge in [-0.2, -0.15) is 4.98 Å². The second-order valence-corrected chi connectivity index (χ2v) is 8.32. The molecular formula is C25H32ClN3O4. The zero-order chi connectivity index (χ0) is 24.2. The topological polar surface area (TPSA) is 111 Å². The summed E-state index contributed by atoms with van der Waals surface area (Å²) in [5.74, 6) is 2.27. The Morgan fingerprint density at radius 3 is 2.36 bits per heavy atom. The van der Waals surface area contributed by atoms with Gasteiger partial charge in [0.1, 0.15) is 12.0 Å². The summed E-state index contributed by atoms with van der Waals surface area (Å²) >= 11 is 6.24. The van der Waals surface area contributed by atoms with E-state index in [9.17, 15) is 4.79 Å². The van der Waals surface area contributed by atoms with E-state index in [1.165, 1.54) is 25.7 Å². The molecule has 2 aromatic carbocycles. The zero-order valence-electron chi connectivity index (χ0n) is 19.3. The summed E-state index contributed by atoms with van der Waals surface area (Å²) in [6.45, 7) is 3.89. The molecule has 1 aliphatic rings. The first-order valence-corrected chi connectivity index (χ1v) is 11.4. The molecule has 1 fully saturated rings. The highest BCUT2D eigenvalue weighted by Crippen LogP contribution is 2.31. The fourth-order valence-electron chi connectivity index (χ4n) is 3.46. The summed E-state index contributed by atoms with van der Waals surface area (Å²) in [5.41, 5.74) is 7.92. The number of aldehydes is 1. The minimum absolute atomic E-state index is 0.0562. The van der Waals surface area contributed by atoms with Crippen molar-refractivity contribution in [2.75, 3.05) is 12.8 Å². The maximum atomic E-state index is 9.96. The van der Waals surface area contributed by atoms with Gasteiger partial charge in [-0.1, -0.05) is 42.4 Å². The first-order valence-electron chi connectivity index (χ1n) is 11.0. The molecule has 0 spiro atoms. The summed E-state index contributed by atoms with van der Waals surface area (Å²) in [6, 6.07) is 12.6. The Balaban J connectivity index is 0.000000323. The second kappa shape index (κ2) is 13.6. The molecule has 3 N–H and O–H groups in total.